The molecule has 0 heterocycles. The van der Waals surface area contributed by atoms with Crippen LogP contribution in [0.1, 0.15) is 26.7 Å². The third-order valence-corrected chi connectivity index (χ3v) is 3.42. The molecule has 144 valence electrons. The molecule has 2 amide bonds. The molecule has 0 saturated carbocycles. The van der Waals surface area contributed by atoms with Gasteiger partial charge in [-0.05, 0) is 24.5 Å². The van der Waals surface area contributed by atoms with E-state index >= 15 is 0 Å². The van der Waals surface area contributed by atoms with E-state index in [-0.39, 0.29) is 12.5 Å². The lowest BCUT2D eigenvalue weighted by Crippen LogP contribution is -2.32. The summed E-state index contributed by atoms with van der Waals surface area (Å²) in [5.74, 6) is -0.0389. The Morgan fingerprint density at radius 3 is 2.42 bits per heavy atom. The first-order valence-corrected chi connectivity index (χ1v) is 8.30. The Kier molecular flexibility index (Phi) is 8.97. The Hall–Kier alpha value is -2.77. The molecule has 2 N–H and O–H groups in total. The molecule has 1 aromatic rings. The summed E-state index contributed by atoms with van der Waals surface area (Å²) in [6.45, 7) is 3.28. The van der Waals surface area contributed by atoms with Crippen molar-refractivity contribution in [3.63, 3.8) is 0 Å². The fraction of sp³-hybridized carbons (Fsp3) is 0.500. The number of hydrogen-bond acceptors (Lipinski definition) is 6. The van der Waals surface area contributed by atoms with E-state index in [1.54, 1.807) is 18.2 Å². The second kappa shape index (κ2) is 11.0. The number of rotatable bonds is 10. The van der Waals surface area contributed by atoms with Gasteiger partial charge in [0.1, 0.15) is 18.0 Å². The van der Waals surface area contributed by atoms with Crippen LogP contribution in [0.3, 0.4) is 0 Å². The quantitative estimate of drug-likeness (QED) is 0.612. The Bertz CT molecular complexity index is 630. The Balaban J connectivity index is 2.40. The predicted molar refractivity (Wildman–Crippen MR) is 96.2 cm³/mol. The van der Waals surface area contributed by atoms with Gasteiger partial charge in [-0.2, -0.15) is 0 Å². The molecule has 8 nitrogen and oxygen atoms in total. The van der Waals surface area contributed by atoms with Crippen molar-refractivity contribution in [1.29, 1.82) is 0 Å². The van der Waals surface area contributed by atoms with Crippen molar-refractivity contribution < 1.29 is 28.6 Å². The van der Waals surface area contributed by atoms with Gasteiger partial charge in [-0.25, -0.2) is 0 Å². The van der Waals surface area contributed by atoms with Crippen molar-refractivity contribution >= 4 is 23.5 Å². The van der Waals surface area contributed by atoms with E-state index < -0.39 is 18.5 Å². The average molecular weight is 366 g/mol. The molecule has 0 bridgehead atoms. The van der Waals surface area contributed by atoms with Crippen molar-refractivity contribution in [3.05, 3.63) is 18.2 Å². The molecule has 0 saturated heterocycles. The average Bonchev–Trinajstić information content (AvgIpc) is 2.62. The number of carbonyl (C=O) groups is 3. The van der Waals surface area contributed by atoms with Crippen LogP contribution in [-0.4, -0.2) is 45.2 Å². The summed E-state index contributed by atoms with van der Waals surface area (Å²) >= 11 is 0. The summed E-state index contributed by atoms with van der Waals surface area (Å²) in [6.07, 6.45) is 1.09. The molecule has 0 aliphatic rings. The Morgan fingerprint density at radius 2 is 1.81 bits per heavy atom. The number of anilines is 1. The lowest BCUT2D eigenvalue weighted by atomic mass is 10.1. The summed E-state index contributed by atoms with van der Waals surface area (Å²) in [5.41, 5.74) is 0.398. The van der Waals surface area contributed by atoms with Crippen molar-refractivity contribution in [2.75, 3.05) is 32.7 Å². The molecule has 26 heavy (non-hydrogen) atoms. The molecule has 0 unspecified atom stereocenters. The standard InChI is InChI=1S/C18H26N2O6/c1-12(2)5-8-16(21)19-10-18(23)26-11-17(22)20-14-9-13(24-3)6-7-15(14)25-4/h6-7,9,12H,5,8,10-11H2,1-4H3,(H,19,21)(H,20,22). The van der Waals surface area contributed by atoms with E-state index in [1.165, 1.54) is 14.2 Å². The van der Waals surface area contributed by atoms with Crippen LogP contribution in [0.15, 0.2) is 18.2 Å². The number of amides is 2. The van der Waals surface area contributed by atoms with E-state index in [0.717, 1.165) is 6.42 Å². The highest BCUT2D eigenvalue weighted by atomic mass is 16.5. The molecule has 0 aromatic heterocycles. The molecular weight excluding hydrogens is 340 g/mol. The number of ether oxygens (including phenoxy) is 3. The fourth-order valence-corrected chi connectivity index (χ4v) is 1.97. The normalized spacial score (nSPS) is 10.2. The molecule has 0 spiro atoms. The number of esters is 1. The van der Waals surface area contributed by atoms with Crippen molar-refractivity contribution in [3.8, 4) is 11.5 Å². The highest BCUT2D eigenvalue weighted by Gasteiger charge is 2.12. The highest BCUT2D eigenvalue weighted by molar-refractivity contribution is 5.94. The molecule has 0 atom stereocenters. The second-order valence-corrected chi connectivity index (χ2v) is 5.98. The first kappa shape index (κ1) is 21.3. The van der Waals surface area contributed by atoms with Gasteiger partial charge in [0.2, 0.25) is 5.91 Å². The zero-order chi connectivity index (χ0) is 19.5. The number of hydrogen-bond donors (Lipinski definition) is 2. The summed E-state index contributed by atoms with van der Waals surface area (Å²) in [6, 6.07) is 4.93. The summed E-state index contributed by atoms with van der Waals surface area (Å²) in [4.78, 5) is 35.1. The lowest BCUT2D eigenvalue weighted by molar-refractivity contribution is -0.147. The van der Waals surface area contributed by atoms with Gasteiger partial charge in [0, 0.05) is 12.5 Å². The molecule has 0 aliphatic heterocycles. The van der Waals surface area contributed by atoms with Crippen LogP contribution < -0.4 is 20.1 Å². The zero-order valence-electron chi connectivity index (χ0n) is 15.6. The van der Waals surface area contributed by atoms with Crippen LogP contribution >= 0.6 is 0 Å². The molecule has 1 rings (SSSR count). The third kappa shape index (κ3) is 7.87. The molecule has 0 aliphatic carbocycles. The van der Waals surface area contributed by atoms with E-state index in [2.05, 4.69) is 10.6 Å². The molecular formula is C18H26N2O6. The Morgan fingerprint density at radius 1 is 1.08 bits per heavy atom. The third-order valence-electron chi connectivity index (χ3n) is 3.42. The van der Waals surface area contributed by atoms with E-state index in [1.807, 2.05) is 13.8 Å². The fourth-order valence-electron chi connectivity index (χ4n) is 1.97. The van der Waals surface area contributed by atoms with Gasteiger partial charge in [-0.15, -0.1) is 0 Å². The molecule has 8 heteroatoms. The van der Waals surface area contributed by atoms with Crippen molar-refractivity contribution in [2.24, 2.45) is 5.92 Å². The largest absolute Gasteiger partial charge is 0.497 e. The van der Waals surface area contributed by atoms with Crippen LogP contribution in [0.25, 0.3) is 0 Å². The number of benzene rings is 1. The van der Waals surface area contributed by atoms with Crippen molar-refractivity contribution in [2.45, 2.75) is 26.7 Å². The zero-order valence-corrected chi connectivity index (χ0v) is 15.6. The summed E-state index contributed by atoms with van der Waals surface area (Å²) in [5, 5.41) is 5.04. The van der Waals surface area contributed by atoms with Gasteiger partial charge >= 0.3 is 5.97 Å². The van der Waals surface area contributed by atoms with Crippen LogP contribution in [0.4, 0.5) is 5.69 Å². The minimum atomic E-state index is -0.685. The van der Waals surface area contributed by atoms with E-state index in [0.29, 0.717) is 29.5 Å². The first-order chi connectivity index (χ1) is 12.3. The minimum Gasteiger partial charge on any atom is -0.497 e. The van der Waals surface area contributed by atoms with Crippen molar-refractivity contribution in [1.82, 2.24) is 5.32 Å². The molecule has 0 radical (unpaired) electrons. The van der Waals surface area contributed by atoms with Gasteiger partial charge < -0.3 is 24.8 Å². The topological polar surface area (TPSA) is 103 Å². The lowest BCUT2D eigenvalue weighted by Gasteiger charge is -2.12. The number of carbonyl (C=O) groups excluding carboxylic acids is 3. The summed E-state index contributed by atoms with van der Waals surface area (Å²) < 4.78 is 15.1. The maximum Gasteiger partial charge on any atom is 0.325 e. The summed E-state index contributed by atoms with van der Waals surface area (Å²) in [7, 11) is 2.98. The molecule has 0 fully saturated rings. The van der Waals surface area contributed by atoms with Crippen LogP contribution in [-0.2, 0) is 19.1 Å². The van der Waals surface area contributed by atoms with Crippen LogP contribution in [0.2, 0.25) is 0 Å². The maximum atomic E-state index is 11.9. The van der Waals surface area contributed by atoms with E-state index in [4.69, 9.17) is 14.2 Å². The van der Waals surface area contributed by atoms with E-state index in [9.17, 15) is 14.4 Å². The SMILES string of the molecule is COc1ccc(OC)c(NC(=O)COC(=O)CNC(=O)CCC(C)C)c1. The van der Waals surface area contributed by atoms with Gasteiger partial charge in [0.15, 0.2) is 6.61 Å². The maximum absolute atomic E-state index is 11.9. The Labute approximate surface area is 153 Å². The van der Waals surface area contributed by atoms with Gasteiger partial charge in [-0.1, -0.05) is 13.8 Å². The minimum absolute atomic E-state index is 0.221. The second-order valence-electron chi connectivity index (χ2n) is 5.98. The highest BCUT2D eigenvalue weighted by Crippen LogP contribution is 2.28. The predicted octanol–water partition coefficient (Wildman–Crippen LogP) is 1.74. The van der Waals surface area contributed by atoms with Gasteiger partial charge in [0.25, 0.3) is 5.91 Å². The van der Waals surface area contributed by atoms with Gasteiger partial charge in [-0.3, -0.25) is 14.4 Å². The smallest absolute Gasteiger partial charge is 0.325 e. The van der Waals surface area contributed by atoms with Gasteiger partial charge in [0.05, 0.1) is 19.9 Å². The van der Waals surface area contributed by atoms with Crippen LogP contribution in [0, 0.1) is 5.92 Å². The first-order valence-electron chi connectivity index (χ1n) is 8.30. The number of methoxy groups -OCH3 is 2. The molecule has 1 aromatic carbocycles. The van der Waals surface area contributed by atoms with Crippen LogP contribution in [0.5, 0.6) is 11.5 Å². The monoisotopic (exact) mass is 366 g/mol. The number of nitrogens with one attached hydrogen (secondary N) is 2.